The average Bonchev–Trinajstić information content (AvgIpc) is 2.57. The first kappa shape index (κ1) is 15.2. The molecular weight excluding hydrogens is 299 g/mol. The van der Waals surface area contributed by atoms with Gasteiger partial charge in [-0.15, -0.1) is 0 Å². The molecule has 7 heteroatoms. The Hall–Kier alpha value is -2.70. The lowest BCUT2D eigenvalue weighted by Crippen LogP contribution is -2.36. The van der Waals surface area contributed by atoms with E-state index < -0.39 is 5.97 Å². The summed E-state index contributed by atoms with van der Waals surface area (Å²) >= 11 is 0. The molecule has 0 atom stereocenters. The second kappa shape index (κ2) is 6.60. The molecular formula is C16H17FN4O2. The zero-order valence-electron chi connectivity index (χ0n) is 12.4. The van der Waals surface area contributed by atoms with Gasteiger partial charge >= 0.3 is 5.97 Å². The summed E-state index contributed by atoms with van der Waals surface area (Å²) in [7, 11) is 0. The molecule has 3 rings (SSSR count). The number of anilines is 3. The maximum atomic E-state index is 13.7. The number of halogens is 1. The number of carboxylic acids is 1. The molecule has 23 heavy (non-hydrogen) atoms. The van der Waals surface area contributed by atoms with Gasteiger partial charge in [-0.3, -0.25) is 4.79 Å². The van der Waals surface area contributed by atoms with E-state index in [-0.39, 0.29) is 11.7 Å². The Morgan fingerprint density at radius 1 is 1.26 bits per heavy atom. The van der Waals surface area contributed by atoms with Crippen LogP contribution in [0.15, 0.2) is 36.5 Å². The van der Waals surface area contributed by atoms with Crippen LogP contribution in [0.4, 0.5) is 21.8 Å². The molecule has 2 N–H and O–H groups in total. The Bertz CT molecular complexity index is 702. The minimum atomic E-state index is -0.741. The van der Waals surface area contributed by atoms with Crippen molar-refractivity contribution in [1.82, 2.24) is 9.97 Å². The number of aromatic nitrogens is 2. The van der Waals surface area contributed by atoms with Crippen molar-refractivity contribution >= 4 is 23.4 Å². The first-order valence-corrected chi connectivity index (χ1v) is 7.46. The van der Waals surface area contributed by atoms with Crippen molar-refractivity contribution in [2.24, 2.45) is 5.92 Å². The maximum Gasteiger partial charge on any atom is 0.306 e. The van der Waals surface area contributed by atoms with Gasteiger partial charge in [0.25, 0.3) is 0 Å². The fourth-order valence-corrected chi connectivity index (χ4v) is 2.62. The molecule has 0 aliphatic carbocycles. The van der Waals surface area contributed by atoms with Crippen LogP contribution in [-0.2, 0) is 4.79 Å². The Labute approximate surface area is 133 Å². The van der Waals surface area contributed by atoms with Gasteiger partial charge in [0, 0.05) is 19.3 Å². The highest BCUT2D eigenvalue weighted by molar-refractivity contribution is 5.70. The van der Waals surface area contributed by atoms with Crippen LogP contribution in [-0.4, -0.2) is 34.1 Å². The number of carbonyl (C=O) groups is 1. The smallest absolute Gasteiger partial charge is 0.306 e. The van der Waals surface area contributed by atoms with Crippen LogP contribution in [0.3, 0.4) is 0 Å². The molecule has 1 aromatic heterocycles. The highest BCUT2D eigenvalue weighted by Gasteiger charge is 2.25. The van der Waals surface area contributed by atoms with E-state index in [1.54, 1.807) is 30.5 Å². The molecule has 0 spiro atoms. The summed E-state index contributed by atoms with van der Waals surface area (Å²) < 4.78 is 13.7. The van der Waals surface area contributed by atoms with Crippen molar-refractivity contribution < 1.29 is 14.3 Å². The van der Waals surface area contributed by atoms with Gasteiger partial charge in [-0.25, -0.2) is 9.37 Å². The second-order valence-electron chi connectivity index (χ2n) is 5.44. The zero-order valence-corrected chi connectivity index (χ0v) is 12.4. The number of benzene rings is 1. The van der Waals surface area contributed by atoms with E-state index in [4.69, 9.17) is 5.11 Å². The maximum absolute atomic E-state index is 13.7. The van der Waals surface area contributed by atoms with E-state index in [2.05, 4.69) is 15.3 Å². The number of hydrogen-bond acceptors (Lipinski definition) is 5. The summed E-state index contributed by atoms with van der Waals surface area (Å²) in [5.41, 5.74) is 0.314. The molecule has 0 amide bonds. The predicted octanol–water partition coefficient (Wildman–Crippen LogP) is 2.66. The van der Waals surface area contributed by atoms with Gasteiger partial charge in [-0.1, -0.05) is 12.1 Å². The Morgan fingerprint density at radius 3 is 2.70 bits per heavy atom. The van der Waals surface area contributed by atoms with Gasteiger partial charge < -0.3 is 15.3 Å². The number of rotatable bonds is 4. The molecule has 1 fully saturated rings. The molecule has 0 unspecified atom stereocenters. The highest BCUT2D eigenvalue weighted by Crippen LogP contribution is 2.23. The molecule has 6 nitrogen and oxygen atoms in total. The van der Waals surface area contributed by atoms with Gasteiger partial charge in [0.15, 0.2) is 0 Å². The zero-order chi connectivity index (χ0) is 16.2. The van der Waals surface area contributed by atoms with E-state index in [9.17, 15) is 9.18 Å². The molecule has 2 heterocycles. The van der Waals surface area contributed by atoms with Crippen LogP contribution in [0.2, 0.25) is 0 Å². The highest BCUT2D eigenvalue weighted by atomic mass is 19.1. The predicted molar refractivity (Wildman–Crippen MR) is 84.3 cm³/mol. The summed E-state index contributed by atoms with van der Waals surface area (Å²) in [6.07, 6.45) is 2.79. The number of nitrogens with zero attached hydrogens (tertiary/aromatic N) is 3. The molecule has 1 aliphatic heterocycles. The van der Waals surface area contributed by atoms with E-state index >= 15 is 0 Å². The summed E-state index contributed by atoms with van der Waals surface area (Å²) in [6, 6.07) is 8.09. The number of aliphatic carboxylic acids is 1. The van der Waals surface area contributed by atoms with Crippen LogP contribution < -0.4 is 10.2 Å². The SMILES string of the molecule is O=C(O)C1CCN(c2ccnc(Nc3ccccc3F)n2)CC1. The topological polar surface area (TPSA) is 78.3 Å². The lowest BCUT2D eigenvalue weighted by Gasteiger charge is -2.31. The van der Waals surface area contributed by atoms with Gasteiger partial charge in [0.1, 0.15) is 11.6 Å². The third kappa shape index (κ3) is 3.56. The fourth-order valence-electron chi connectivity index (χ4n) is 2.62. The fraction of sp³-hybridized carbons (Fsp3) is 0.312. The van der Waals surface area contributed by atoms with Gasteiger partial charge in [0.2, 0.25) is 5.95 Å². The van der Waals surface area contributed by atoms with Crippen LogP contribution in [0, 0.1) is 11.7 Å². The number of para-hydroxylation sites is 1. The van der Waals surface area contributed by atoms with Crippen molar-refractivity contribution in [3.8, 4) is 0 Å². The molecule has 1 aliphatic rings. The molecule has 1 saturated heterocycles. The van der Waals surface area contributed by atoms with E-state index in [1.165, 1.54) is 6.07 Å². The van der Waals surface area contributed by atoms with Crippen LogP contribution in [0.25, 0.3) is 0 Å². The standard InChI is InChI=1S/C16H17FN4O2/c17-12-3-1-2-4-13(12)19-16-18-8-5-14(20-16)21-9-6-11(7-10-21)15(22)23/h1-5,8,11H,6-7,9-10H2,(H,22,23)(H,18,19,20). The first-order chi connectivity index (χ1) is 11.1. The van der Waals surface area contributed by atoms with Crippen molar-refractivity contribution in [3.63, 3.8) is 0 Å². The molecule has 2 aromatic rings. The molecule has 0 radical (unpaired) electrons. The quantitative estimate of drug-likeness (QED) is 0.903. The summed E-state index contributed by atoms with van der Waals surface area (Å²) in [5, 5.41) is 11.9. The molecule has 0 saturated carbocycles. The number of carboxylic acid groups (broad SMARTS) is 1. The van der Waals surface area contributed by atoms with Gasteiger partial charge in [-0.2, -0.15) is 4.98 Å². The minimum Gasteiger partial charge on any atom is -0.481 e. The Morgan fingerprint density at radius 2 is 2.00 bits per heavy atom. The number of nitrogens with one attached hydrogen (secondary N) is 1. The van der Waals surface area contributed by atoms with Crippen LogP contribution in [0.1, 0.15) is 12.8 Å². The van der Waals surface area contributed by atoms with Crippen molar-refractivity contribution in [1.29, 1.82) is 0 Å². The summed E-state index contributed by atoms with van der Waals surface area (Å²) in [5.74, 6) is -0.377. The Balaban J connectivity index is 1.71. The van der Waals surface area contributed by atoms with Crippen LogP contribution >= 0.6 is 0 Å². The average molecular weight is 316 g/mol. The summed E-state index contributed by atoms with van der Waals surface area (Å²) in [4.78, 5) is 21.5. The van der Waals surface area contributed by atoms with E-state index in [0.29, 0.717) is 43.4 Å². The lowest BCUT2D eigenvalue weighted by atomic mass is 9.97. The van der Waals surface area contributed by atoms with Gasteiger partial charge in [0.05, 0.1) is 11.6 Å². The van der Waals surface area contributed by atoms with Crippen molar-refractivity contribution in [2.75, 3.05) is 23.3 Å². The number of piperidine rings is 1. The third-order valence-electron chi connectivity index (χ3n) is 3.93. The Kier molecular flexibility index (Phi) is 4.36. The molecule has 1 aromatic carbocycles. The monoisotopic (exact) mass is 316 g/mol. The molecule has 120 valence electrons. The van der Waals surface area contributed by atoms with Crippen molar-refractivity contribution in [2.45, 2.75) is 12.8 Å². The second-order valence-corrected chi connectivity index (χ2v) is 5.44. The van der Waals surface area contributed by atoms with E-state index in [0.717, 1.165) is 0 Å². The first-order valence-electron chi connectivity index (χ1n) is 7.46. The van der Waals surface area contributed by atoms with E-state index in [1.807, 2.05) is 4.90 Å². The third-order valence-corrected chi connectivity index (χ3v) is 3.93. The van der Waals surface area contributed by atoms with Crippen LogP contribution in [0.5, 0.6) is 0 Å². The normalized spacial score (nSPS) is 15.4. The number of hydrogen-bond donors (Lipinski definition) is 2. The van der Waals surface area contributed by atoms with Crippen molar-refractivity contribution in [3.05, 3.63) is 42.3 Å². The largest absolute Gasteiger partial charge is 0.481 e. The summed E-state index contributed by atoms with van der Waals surface area (Å²) in [6.45, 7) is 1.26. The van der Waals surface area contributed by atoms with Gasteiger partial charge in [-0.05, 0) is 31.0 Å². The molecule has 0 bridgehead atoms. The minimum absolute atomic E-state index is 0.288. The lowest BCUT2D eigenvalue weighted by molar-refractivity contribution is -0.142.